The number of hydrogen-bond acceptors (Lipinski definition) is 2. The van der Waals surface area contributed by atoms with Crippen LogP contribution >= 0.6 is 0 Å². The molecule has 0 heterocycles. The second-order valence-electron chi connectivity index (χ2n) is 5.75. The third-order valence-corrected chi connectivity index (χ3v) is 4.38. The Balaban J connectivity index is 2.19. The maximum Gasteiger partial charge on any atom is 0.123 e. The summed E-state index contributed by atoms with van der Waals surface area (Å²) in [5, 5.41) is 0. The molecule has 0 amide bonds. The molecule has 0 aromatic heterocycles. The van der Waals surface area contributed by atoms with Crippen molar-refractivity contribution in [1.29, 1.82) is 0 Å². The molecule has 1 fully saturated rings. The summed E-state index contributed by atoms with van der Waals surface area (Å²) < 4.78 is 13.5. The van der Waals surface area contributed by atoms with Gasteiger partial charge in [-0.2, -0.15) is 0 Å². The van der Waals surface area contributed by atoms with Crippen LogP contribution in [-0.2, 0) is 0 Å². The largest absolute Gasteiger partial charge is 0.271 e. The second-order valence-corrected chi connectivity index (χ2v) is 5.75. The Hall–Kier alpha value is -0.930. The highest BCUT2D eigenvalue weighted by Crippen LogP contribution is 2.34. The number of hydrazine groups is 1. The first-order valence-electron chi connectivity index (χ1n) is 7.44. The summed E-state index contributed by atoms with van der Waals surface area (Å²) >= 11 is 0. The van der Waals surface area contributed by atoms with Gasteiger partial charge in [0.25, 0.3) is 0 Å². The number of halogens is 1. The molecule has 3 heteroatoms. The van der Waals surface area contributed by atoms with E-state index in [2.05, 4.69) is 5.43 Å². The van der Waals surface area contributed by atoms with Crippen LogP contribution in [0, 0.1) is 18.7 Å². The number of aryl methyl sites for hydroxylation is 1. The first kappa shape index (κ1) is 14.5. The quantitative estimate of drug-likeness (QED) is 0.639. The molecule has 1 aromatic rings. The number of hydrogen-bond donors (Lipinski definition) is 2. The van der Waals surface area contributed by atoms with Crippen LogP contribution in [0.15, 0.2) is 18.2 Å². The van der Waals surface area contributed by atoms with Gasteiger partial charge in [-0.05, 0) is 48.9 Å². The van der Waals surface area contributed by atoms with Crippen molar-refractivity contribution in [3.8, 4) is 0 Å². The van der Waals surface area contributed by atoms with Crippen LogP contribution in [0.4, 0.5) is 4.39 Å². The Morgan fingerprint density at radius 1 is 1.16 bits per heavy atom. The van der Waals surface area contributed by atoms with Crippen molar-refractivity contribution in [2.24, 2.45) is 11.8 Å². The van der Waals surface area contributed by atoms with E-state index in [1.54, 1.807) is 6.07 Å². The first-order chi connectivity index (χ1) is 9.22. The van der Waals surface area contributed by atoms with E-state index in [0.29, 0.717) is 5.92 Å². The lowest BCUT2D eigenvalue weighted by atomic mass is 9.82. The van der Waals surface area contributed by atoms with E-state index in [1.165, 1.54) is 51.0 Å². The Kier molecular flexibility index (Phi) is 5.34. The van der Waals surface area contributed by atoms with Crippen molar-refractivity contribution >= 4 is 0 Å². The Labute approximate surface area is 115 Å². The summed E-state index contributed by atoms with van der Waals surface area (Å²) in [7, 11) is 0. The molecule has 1 aliphatic rings. The monoisotopic (exact) mass is 264 g/mol. The van der Waals surface area contributed by atoms with Crippen molar-refractivity contribution in [1.82, 2.24) is 5.43 Å². The smallest absolute Gasteiger partial charge is 0.123 e. The Morgan fingerprint density at radius 2 is 1.79 bits per heavy atom. The highest BCUT2D eigenvalue weighted by atomic mass is 19.1. The van der Waals surface area contributed by atoms with Gasteiger partial charge in [-0.25, -0.2) is 4.39 Å². The van der Waals surface area contributed by atoms with E-state index in [1.807, 2.05) is 13.0 Å². The lowest BCUT2D eigenvalue weighted by Crippen LogP contribution is -2.34. The lowest BCUT2D eigenvalue weighted by molar-refractivity contribution is 0.289. The van der Waals surface area contributed by atoms with Crippen LogP contribution in [0.3, 0.4) is 0 Å². The van der Waals surface area contributed by atoms with E-state index in [4.69, 9.17) is 5.84 Å². The van der Waals surface area contributed by atoms with Gasteiger partial charge in [0.1, 0.15) is 5.82 Å². The van der Waals surface area contributed by atoms with Crippen LogP contribution in [0.5, 0.6) is 0 Å². The van der Waals surface area contributed by atoms with Crippen molar-refractivity contribution in [3.05, 3.63) is 35.1 Å². The summed E-state index contributed by atoms with van der Waals surface area (Å²) in [5.74, 6) is 6.12. The van der Waals surface area contributed by atoms with Gasteiger partial charge >= 0.3 is 0 Å². The Bertz CT molecular complexity index is 398. The summed E-state index contributed by atoms with van der Waals surface area (Å²) in [4.78, 5) is 0. The fourth-order valence-electron chi connectivity index (χ4n) is 3.25. The predicted octanol–water partition coefficient (Wildman–Crippen LogP) is 4.00. The molecule has 1 saturated carbocycles. The van der Waals surface area contributed by atoms with Crippen LogP contribution < -0.4 is 11.3 Å². The molecule has 106 valence electrons. The molecule has 2 rings (SSSR count). The zero-order chi connectivity index (χ0) is 13.7. The van der Waals surface area contributed by atoms with E-state index in [9.17, 15) is 4.39 Å². The highest BCUT2D eigenvalue weighted by molar-refractivity contribution is 5.30. The fourth-order valence-corrected chi connectivity index (χ4v) is 3.25. The molecule has 0 radical (unpaired) electrons. The molecular weight excluding hydrogens is 239 g/mol. The molecule has 0 saturated heterocycles. The SMILES string of the molecule is Cc1ccc(F)cc1C(NN)C1CCCCCCC1. The predicted molar refractivity (Wildman–Crippen MR) is 77.0 cm³/mol. The van der Waals surface area contributed by atoms with Crippen molar-refractivity contribution in [2.75, 3.05) is 0 Å². The normalized spacial score (nSPS) is 19.7. The third kappa shape index (κ3) is 3.77. The zero-order valence-electron chi connectivity index (χ0n) is 11.8. The van der Waals surface area contributed by atoms with Gasteiger partial charge < -0.3 is 0 Å². The zero-order valence-corrected chi connectivity index (χ0v) is 11.8. The number of nitrogens with one attached hydrogen (secondary N) is 1. The van der Waals surface area contributed by atoms with Gasteiger partial charge in [-0.1, -0.05) is 38.2 Å². The van der Waals surface area contributed by atoms with E-state index >= 15 is 0 Å². The molecule has 19 heavy (non-hydrogen) atoms. The molecular formula is C16H25FN2. The molecule has 0 bridgehead atoms. The van der Waals surface area contributed by atoms with Gasteiger partial charge in [0.05, 0.1) is 0 Å². The average Bonchev–Trinajstić information content (AvgIpc) is 2.36. The van der Waals surface area contributed by atoms with E-state index < -0.39 is 0 Å². The topological polar surface area (TPSA) is 38.0 Å². The van der Waals surface area contributed by atoms with Crippen LogP contribution in [-0.4, -0.2) is 0 Å². The minimum absolute atomic E-state index is 0.0776. The van der Waals surface area contributed by atoms with Crippen LogP contribution in [0.25, 0.3) is 0 Å². The minimum Gasteiger partial charge on any atom is -0.271 e. The van der Waals surface area contributed by atoms with Crippen molar-refractivity contribution < 1.29 is 4.39 Å². The summed E-state index contributed by atoms with van der Waals surface area (Å²) in [6.07, 6.45) is 8.88. The first-order valence-corrected chi connectivity index (χ1v) is 7.44. The Morgan fingerprint density at radius 3 is 2.42 bits per heavy atom. The van der Waals surface area contributed by atoms with Gasteiger partial charge in [0, 0.05) is 6.04 Å². The maximum atomic E-state index is 13.5. The van der Waals surface area contributed by atoms with Gasteiger partial charge in [-0.15, -0.1) is 0 Å². The van der Waals surface area contributed by atoms with E-state index in [-0.39, 0.29) is 11.9 Å². The van der Waals surface area contributed by atoms with Crippen molar-refractivity contribution in [3.63, 3.8) is 0 Å². The van der Waals surface area contributed by atoms with Gasteiger partial charge in [0.15, 0.2) is 0 Å². The minimum atomic E-state index is -0.174. The summed E-state index contributed by atoms with van der Waals surface area (Å²) in [6.45, 7) is 2.03. The number of rotatable bonds is 3. The standard InChI is InChI=1S/C16H25FN2/c1-12-9-10-14(17)11-15(12)16(19-18)13-7-5-3-2-4-6-8-13/h9-11,13,16,19H,2-8,18H2,1H3. The molecule has 1 aromatic carbocycles. The van der Waals surface area contributed by atoms with Gasteiger partial charge in [0.2, 0.25) is 0 Å². The van der Waals surface area contributed by atoms with Crippen molar-refractivity contribution in [2.45, 2.75) is 57.9 Å². The molecule has 1 aliphatic carbocycles. The van der Waals surface area contributed by atoms with Gasteiger partial charge in [-0.3, -0.25) is 11.3 Å². The molecule has 2 nitrogen and oxygen atoms in total. The second kappa shape index (κ2) is 7.01. The number of nitrogens with two attached hydrogens (primary N) is 1. The molecule has 0 aliphatic heterocycles. The lowest BCUT2D eigenvalue weighted by Gasteiger charge is -2.29. The summed E-state index contributed by atoms with van der Waals surface area (Å²) in [6, 6.07) is 5.08. The summed E-state index contributed by atoms with van der Waals surface area (Å²) in [5.41, 5.74) is 5.08. The number of benzene rings is 1. The fraction of sp³-hybridized carbons (Fsp3) is 0.625. The van der Waals surface area contributed by atoms with E-state index in [0.717, 1.165) is 11.1 Å². The average molecular weight is 264 g/mol. The molecule has 3 N–H and O–H groups in total. The molecule has 1 atom stereocenters. The highest BCUT2D eigenvalue weighted by Gasteiger charge is 2.24. The molecule has 0 spiro atoms. The molecule has 1 unspecified atom stereocenters. The van der Waals surface area contributed by atoms with Crippen LogP contribution in [0.2, 0.25) is 0 Å². The maximum absolute atomic E-state index is 13.5. The third-order valence-electron chi connectivity index (χ3n) is 4.38. The van der Waals surface area contributed by atoms with Crippen LogP contribution in [0.1, 0.15) is 62.1 Å².